The summed E-state index contributed by atoms with van der Waals surface area (Å²) >= 11 is 6.02. The van der Waals surface area contributed by atoms with Crippen LogP contribution >= 0.6 is 11.6 Å². The molecule has 0 saturated carbocycles. The molecule has 2 heterocycles. The van der Waals surface area contributed by atoms with Gasteiger partial charge in [0.1, 0.15) is 0 Å². The van der Waals surface area contributed by atoms with Gasteiger partial charge in [0.05, 0.1) is 17.3 Å². The lowest BCUT2D eigenvalue weighted by Gasteiger charge is -2.21. The van der Waals surface area contributed by atoms with Crippen LogP contribution in [0.25, 0.3) is 0 Å². The summed E-state index contributed by atoms with van der Waals surface area (Å²) in [6.45, 7) is 0.950. The van der Waals surface area contributed by atoms with Crippen molar-refractivity contribution in [2.75, 3.05) is 28.2 Å². The molecule has 2 aliphatic heterocycles. The van der Waals surface area contributed by atoms with Gasteiger partial charge < -0.3 is 15.1 Å². The molecule has 2 aromatic rings. The van der Waals surface area contributed by atoms with E-state index in [1.807, 2.05) is 18.2 Å². The Kier molecular flexibility index (Phi) is 5.05. The van der Waals surface area contributed by atoms with Crippen molar-refractivity contribution in [1.29, 1.82) is 0 Å². The monoisotopic (exact) mass is 397 g/mol. The van der Waals surface area contributed by atoms with E-state index in [0.29, 0.717) is 41.6 Å². The topological polar surface area (TPSA) is 69.7 Å². The molecule has 144 valence electrons. The fraction of sp³-hybridized carbons (Fsp3) is 0.286. The van der Waals surface area contributed by atoms with Gasteiger partial charge in [0, 0.05) is 36.6 Å². The first-order chi connectivity index (χ1) is 13.5. The van der Waals surface area contributed by atoms with Crippen molar-refractivity contribution < 1.29 is 14.4 Å². The Morgan fingerprint density at radius 1 is 1.04 bits per heavy atom. The standard InChI is InChI=1S/C21H20ClN3O3/c22-15-5-3-6-16(12-15)25-13-14(11-20(25)27)21(28)23-17-7-1-2-8-18(17)24-10-4-9-19(24)26/h1-3,5-8,12,14H,4,9-11,13H2,(H,23,28). The van der Waals surface area contributed by atoms with E-state index in [-0.39, 0.29) is 24.1 Å². The zero-order valence-electron chi connectivity index (χ0n) is 15.2. The first kappa shape index (κ1) is 18.5. The summed E-state index contributed by atoms with van der Waals surface area (Å²) in [7, 11) is 0. The summed E-state index contributed by atoms with van der Waals surface area (Å²) in [4.78, 5) is 40.6. The Labute approximate surface area is 168 Å². The number of nitrogens with zero attached hydrogens (tertiary/aromatic N) is 2. The number of rotatable bonds is 4. The second-order valence-corrected chi connectivity index (χ2v) is 7.48. The first-order valence-corrected chi connectivity index (χ1v) is 9.67. The molecule has 6 nitrogen and oxygen atoms in total. The summed E-state index contributed by atoms with van der Waals surface area (Å²) in [6, 6.07) is 14.3. The lowest BCUT2D eigenvalue weighted by molar-refractivity contribution is -0.122. The Morgan fingerprint density at radius 2 is 1.86 bits per heavy atom. The van der Waals surface area contributed by atoms with Gasteiger partial charge in [-0.1, -0.05) is 29.8 Å². The van der Waals surface area contributed by atoms with Crippen LogP contribution in [0.15, 0.2) is 48.5 Å². The SMILES string of the molecule is O=C(Nc1ccccc1N1CCCC1=O)C1CC(=O)N(c2cccc(Cl)c2)C1. The van der Waals surface area contributed by atoms with Crippen LogP contribution in [0.4, 0.5) is 17.1 Å². The summed E-state index contributed by atoms with van der Waals surface area (Å²) in [6.07, 6.45) is 1.48. The molecule has 3 amide bonds. The van der Waals surface area contributed by atoms with E-state index in [1.165, 1.54) is 0 Å². The molecule has 4 rings (SSSR count). The highest BCUT2D eigenvalue weighted by atomic mass is 35.5. The Bertz CT molecular complexity index is 946. The molecule has 7 heteroatoms. The second-order valence-electron chi connectivity index (χ2n) is 7.04. The van der Waals surface area contributed by atoms with Crippen LogP contribution in [0.3, 0.4) is 0 Å². The molecule has 0 bridgehead atoms. The smallest absolute Gasteiger partial charge is 0.229 e. The predicted octanol–water partition coefficient (Wildman–Crippen LogP) is 3.46. The zero-order valence-corrected chi connectivity index (χ0v) is 16.0. The molecule has 0 aliphatic carbocycles. The van der Waals surface area contributed by atoms with Gasteiger partial charge in [-0.05, 0) is 36.8 Å². The van der Waals surface area contributed by atoms with Crippen LogP contribution in [-0.4, -0.2) is 30.8 Å². The maximum atomic E-state index is 12.8. The average molecular weight is 398 g/mol. The summed E-state index contributed by atoms with van der Waals surface area (Å²) in [5.74, 6) is -0.735. The van der Waals surface area contributed by atoms with Crippen molar-refractivity contribution in [3.05, 3.63) is 53.6 Å². The molecular weight excluding hydrogens is 378 g/mol. The predicted molar refractivity (Wildman–Crippen MR) is 109 cm³/mol. The number of carbonyl (C=O) groups excluding carboxylic acids is 3. The van der Waals surface area contributed by atoms with Crippen LogP contribution in [0.5, 0.6) is 0 Å². The molecule has 2 aliphatic rings. The number of anilines is 3. The molecule has 0 aromatic heterocycles. The molecule has 1 N–H and O–H groups in total. The highest BCUT2D eigenvalue weighted by Gasteiger charge is 2.35. The number of halogens is 1. The minimum Gasteiger partial charge on any atom is -0.324 e. The van der Waals surface area contributed by atoms with Gasteiger partial charge in [0.25, 0.3) is 0 Å². The minimum atomic E-state index is -0.464. The molecule has 0 spiro atoms. The van der Waals surface area contributed by atoms with E-state index in [9.17, 15) is 14.4 Å². The molecule has 1 unspecified atom stereocenters. The Balaban J connectivity index is 1.49. The third-order valence-corrected chi connectivity index (χ3v) is 5.38. The van der Waals surface area contributed by atoms with Crippen molar-refractivity contribution in [3.8, 4) is 0 Å². The van der Waals surface area contributed by atoms with Crippen LogP contribution in [-0.2, 0) is 14.4 Å². The first-order valence-electron chi connectivity index (χ1n) is 9.29. The van der Waals surface area contributed by atoms with E-state index < -0.39 is 5.92 Å². The average Bonchev–Trinajstić information content (AvgIpc) is 3.28. The lowest BCUT2D eigenvalue weighted by Crippen LogP contribution is -2.29. The summed E-state index contributed by atoms with van der Waals surface area (Å²) in [5.41, 5.74) is 1.99. The highest BCUT2D eigenvalue weighted by Crippen LogP contribution is 2.31. The highest BCUT2D eigenvalue weighted by molar-refractivity contribution is 6.31. The van der Waals surface area contributed by atoms with Gasteiger partial charge in [-0.3, -0.25) is 14.4 Å². The van der Waals surface area contributed by atoms with Gasteiger partial charge in [-0.15, -0.1) is 0 Å². The molecule has 2 fully saturated rings. The van der Waals surface area contributed by atoms with Crippen LogP contribution in [0.1, 0.15) is 19.3 Å². The van der Waals surface area contributed by atoms with Crippen LogP contribution < -0.4 is 15.1 Å². The Hall–Kier alpha value is -2.86. The Morgan fingerprint density at radius 3 is 2.61 bits per heavy atom. The number of carbonyl (C=O) groups is 3. The molecule has 1 atom stereocenters. The fourth-order valence-electron chi connectivity index (χ4n) is 3.73. The number of amides is 3. The van der Waals surface area contributed by atoms with Gasteiger partial charge in [0.2, 0.25) is 17.7 Å². The van der Waals surface area contributed by atoms with Crippen molar-refractivity contribution >= 4 is 46.4 Å². The minimum absolute atomic E-state index is 0.0601. The number of nitrogens with one attached hydrogen (secondary N) is 1. The van der Waals surface area contributed by atoms with Gasteiger partial charge in [0.15, 0.2) is 0 Å². The normalized spacial score (nSPS) is 19.4. The van der Waals surface area contributed by atoms with E-state index in [0.717, 1.165) is 6.42 Å². The maximum absolute atomic E-state index is 12.8. The van der Waals surface area contributed by atoms with Crippen molar-refractivity contribution in [2.45, 2.75) is 19.3 Å². The van der Waals surface area contributed by atoms with Crippen molar-refractivity contribution in [3.63, 3.8) is 0 Å². The van der Waals surface area contributed by atoms with E-state index >= 15 is 0 Å². The quantitative estimate of drug-likeness (QED) is 0.858. The third-order valence-electron chi connectivity index (χ3n) is 5.14. The number of para-hydroxylation sites is 2. The van der Waals surface area contributed by atoms with Crippen molar-refractivity contribution in [2.24, 2.45) is 5.92 Å². The van der Waals surface area contributed by atoms with E-state index in [2.05, 4.69) is 5.32 Å². The molecule has 28 heavy (non-hydrogen) atoms. The van der Waals surface area contributed by atoms with E-state index in [4.69, 9.17) is 11.6 Å². The van der Waals surface area contributed by atoms with Crippen molar-refractivity contribution in [1.82, 2.24) is 0 Å². The fourth-order valence-corrected chi connectivity index (χ4v) is 3.91. The van der Waals surface area contributed by atoms with Gasteiger partial charge >= 0.3 is 0 Å². The van der Waals surface area contributed by atoms with Crippen LogP contribution in [0, 0.1) is 5.92 Å². The third kappa shape index (κ3) is 3.60. The second kappa shape index (κ2) is 7.64. The maximum Gasteiger partial charge on any atom is 0.229 e. The zero-order chi connectivity index (χ0) is 19.7. The lowest BCUT2D eigenvalue weighted by atomic mass is 10.1. The largest absolute Gasteiger partial charge is 0.324 e. The number of hydrogen-bond donors (Lipinski definition) is 1. The van der Waals surface area contributed by atoms with E-state index in [1.54, 1.807) is 40.1 Å². The van der Waals surface area contributed by atoms with Crippen LogP contribution in [0.2, 0.25) is 5.02 Å². The molecule has 2 aromatic carbocycles. The molecule has 0 radical (unpaired) electrons. The number of benzene rings is 2. The van der Waals surface area contributed by atoms with Gasteiger partial charge in [-0.2, -0.15) is 0 Å². The summed E-state index contributed by atoms with van der Waals surface area (Å²) in [5, 5.41) is 3.46. The molecular formula is C21H20ClN3O3. The molecule has 2 saturated heterocycles. The number of hydrogen-bond acceptors (Lipinski definition) is 3. The van der Waals surface area contributed by atoms with Gasteiger partial charge in [-0.25, -0.2) is 0 Å². The summed E-state index contributed by atoms with van der Waals surface area (Å²) < 4.78 is 0.